The Labute approximate surface area is 139 Å². The van der Waals surface area contributed by atoms with E-state index in [-0.39, 0.29) is 0 Å². The summed E-state index contributed by atoms with van der Waals surface area (Å²) in [5.41, 5.74) is 2.53. The zero-order valence-corrected chi connectivity index (χ0v) is 14.1. The van der Waals surface area contributed by atoms with Gasteiger partial charge in [0.1, 0.15) is 5.75 Å². The molecule has 1 aromatic rings. The van der Waals surface area contributed by atoms with Gasteiger partial charge in [0, 0.05) is 25.4 Å². The number of rotatable bonds is 7. The molecule has 0 aromatic heterocycles. The summed E-state index contributed by atoms with van der Waals surface area (Å²) in [4.78, 5) is 14.9. The first-order valence-corrected chi connectivity index (χ1v) is 8.96. The fourth-order valence-corrected chi connectivity index (χ4v) is 3.73. The highest BCUT2D eigenvalue weighted by Gasteiger charge is 2.26. The van der Waals surface area contributed by atoms with Crippen LogP contribution >= 0.6 is 0 Å². The van der Waals surface area contributed by atoms with Crippen molar-refractivity contribution in [2.45, 2.75) is 57.5 Å². The first kappa shape index (κ1) is 16.3. The van der Waals surface area contributed by atoms with Gasteiger partial charge in [-0.05, 0) is 50.0 Å². The summed E-state index contributed by atoms with van der Waals surface area (Å²) in [6.07, 6.45) is 7.37. The lowest BCUT2D eigenvalue weighted by Gasteiger charge is -2.29. The molecule has 23 heavy (non-hydrogen) atoms. The molecule has 1 amide bonds. The van der Waals surface area contributed by atoms with Gasteiger partial charge in [-0.25, -0.2) is 0 Å². The Bertz CT molecular complexity index is 538. The molecule has 4 heteroatoms. The van der Waals surface area contributed by atoms with Crippen molar-refractivity contribution in [1.82, 2.24) is 10.2 Å². The van der Waals surface area contributed by atoms with E-state index in [1.807, 2.05) is 7.05 Å². The summed E-state index contributed by atoms with van der Waals surface area (Å²) in [7, 11) is 1.94. The van der Waals surface area contributed by atoms with Gasteiger partial charge in [-0.3, -0.25) is 4.79 Å². The Morgan fingerprint density at radius 1 is 1.35 bits per heavy atom. The van der Waals surface area contributed by atoms with Crippen LogP contribution in [-0.4, -0.2) is 37.0 Å². The van der Waals surface area contributed by atoms with E-state index in [0.717, 1.165) is 51.1 Å². The Balaban J connectivity index is 1.68. The molecule has 0 atom stereocenters. The average Bonchev–Trinajstić information content (AvgIpc) is 3.23. The molecule has 4 nitrogen and oxygen atoms in total. The van der Waals surface area contributed by atoms with Gasteiger partial charge in [0.2, 0.25) is 5.91 Å². The number of nitrogens with one attached hydrogen (secondary N) is 1. The molecule has 0 unspecified atom stereocenters. The molecule has 3 rings (SSSR count). The van der Waals surface area contributed by atoms with E-state index in [1.54, 1.807) is 0 Å². The number of fused-ring (bicyclic) bond motifs is 1. The maximum atomic E-state index is 12.7. The summed E-state index contributed by atoms with van der Waals surface area (Å²) >= 11 is 0. The van der Waals surface area contributed by atoms with E-state index in [1.165, 1.54) is 24.0 Å². The topological polar surface area (TPSA) is 41.6 Å². The van der Waals surface area contributed by atoms with Crippen molar-refractivity contribution < 1.29 is 9.53 Å². The largest absolute Gasteiger partial charge is 0.493 e. The van der Waals surface area contributed by atoms with Crippen molar-refractivity contribution in [3.05, 3.63) is 29.3 Å². The second-order valence-electron chi connectivity index (χ2n) is 6.71. The lowest BCUT2D eigenvalue weighted by atomic mass is 10.1. The number of carbonyl (C=O) groups excluding carboxylic acids is 1. The van der Waals surface area contributed by atoms with Crippen molar-refractivity contribution in [2.75, 3.05) is 20.2 Å². The van der Waals surface area contributed by atoms with Gasteiger partial charge in [0.05, 0.1) is 6.61 Å². The molecule has 0 radical (unpaired) electrons. The van der Waals surface area contributed by atoms with Gasteiger partial charge in [-0.15, -0.1) is 0 Å². The summed E-state index contributed by atoms with van der Waals surface area (Å²) in [5, 5.41) is 3.12. The van der Waals surface area contributed by atoms with Crippen molar-refractivity contribution in [3.63, 3.8) is 0 Å². The minimum absolute atomic E-state index is 0.309. The molecule has 0 spiro atoms. The van der Waals surface area contributed by atoms with Crippen LogP contribution in [-0.2, 0) is 17.8 Å². The molecule has 0 bridgehead atoms. The first-order chi connectivity index (χ1) is 11.3. The van der Waals surface area contributed by atoms with Gasteiger partial charge >= 0.3 is 0 Å². The molecule has 0 saturated heterocycles. The minimum Gasteiger partial charge on any atom is -0.493 e. The standard InChI is InChI=1S/C19H28N2O2/c1-20-11-4-7-19(22)21(17-5-2-3-6-17)14-15-8-9-18-16(13-15)10-12-23-18/h8-9,13,17,20H,2-7,10-12,14H2,1H3. The molecule has 1 N–H and O–H groups in total. The third-order valence-corrected chi connectivity index (χ3v) is 5.01. The van der Waals surface area contributed by atoms with E-state index in [9.17, 15) is 4.79 Å². The van der Waals surface area contributed by atoms with Crippen molar-refractivity contribution in [2.24, 2.45) is 0 Å². The van der Waals surface area contributed by atoms with Crippen LogP contribution in [0.2, 0.25) is 0 Å². The third kappa shape index (κ3) is 4.05. The maximum Gasteiger partial charge on any atom is 0.223 e. The summed E-state index contributed by atoms with van der Waals surface area (Å²) in [5.74, 6) is 1.32. The number of carbonyl (C=O) groups is 1. The smallest absolute Gasteiger partial charge is 0.223 e. The van der Waals surface area contributed by atoms with Crippen LogP contribution in [0.4, 0.5) is 0 Å². The predicted molar refractivity (Wildman–Crippen MR) is 91.6 cm³/mol. The maximum absolute atomic E-state index is 12.7. The van der Waals surface area contributed by atoms with E-state index in [4.69, 9.17) is 4.74 Å². The van der Waals surface area contributed by atoms with E-state index in [0.29, 0.717) is 18.4 Å². The summed E-state index contributed by atoms with van der Waals surface area (Å²) in [6, 6.07) is 6.84. The molecule has 2 aliphatic rings. The average molecular weight is 316 g/mol. The molecule has 1 aromatic carbocycles. The fraction of sp³-hybridized carbons (Fsp3) is 0.632. The normalized spacial score (nSPS) is 17.1. The minimum atomic E-state index is 0.309. The molecular weight excluding hydrogens is 288 g/mol. The lowest BCUT2D eigenvalue weighted by molar-refractivity contribution is -0.134. The molecule has 1 aliphatic heterocycles. The highest BCUT2D eigenvalue weighted by atomic mass is 16.5. The Kier molecular flexibility index (Phi) is 5.55. The zero-order valence-electron chi connectivity index (χ0n) is 14.1. The van der Waals surface area contributed by atoms with Gasteiger partial charge in [0.15, 0.2) is 0 Å². The molecule has 1 aliphatic carbocycles. The van der Waals surface area contributed by atoms with Crippen molar-refractivity contribution in [3.8, 4) is 5.75 Å². The highest BCUT2D eigenvalue weighted by Crippen LogP contribution is 2.29. The number of ether oxygens (including phenoxy) is 1. The van der Waals surface area contributed by atoms with Crippen LogP contribution in [0.15, 0.2) is 18.2 Å². The van der Waals surface area contributed by atoms with Crippen LogP contribution in [0.3, 0.4) is 0 Å². The molecule has 1 heterocycles. The Hall–Kier alpha value is -1.55. The molecular formula is C19H28N2O2. The van der Waals surface area contributed by atoms with Gasteiger partial charge in [0.25, 0.3) is 0 Å². The van der Waals surface area contributed by atoms with Crippen LogP contribution in [0.25, 0.3) is 0 Å². The highest BCUT2D eigenvalue weighted by molar-refractivity contribution is 5.76. The van der Waals surface area contributed by atoms with Gasteiger partial charge in [-0.2, -0.15) is 0 Å². The number of hydrogen-bond donors (Lipinski definition) is 1. The number of nitrogens with zero attached hydrogens (tertiary/aromatic N) is 1. The quantitative estimate of drug-likeness (QED) is 0.787. The van der Waals surface area contributed by atoms with Crippen LogP contribution < -0.4 is 10.1 Å². The summed E-state index contributed by atoms with van der Waals surface area (Å²) in [6.45, 7) is 2.44. The van der Waals surface area contributed by atoms with Gasteiger partial charge in [-0.1, -0.05) is 25.0 Å². The van der Waals surface area contributed by atoms with E-state index < -0.39 is 0 Å². The summed E-state index contributed by atoms with van der Waals surface area (Å²) < 4.78 is 5.58. The second kappa shape index (κ2) is 7.82. The Morgan fingerprint density at radius 3 is 2.96 bits per heavy atom. The number of amides is 1. The monoisotopic (exact) mass is 316 g/mol. The van der Waals surface area contributed by atoms with Crippen LogP contribution in [0.5, 0.6) is 5.75 Å². The van der Waals surface area contributed by atoms with Crippen molar-refractivity contribution in [1.29, 1.82) is 0 Å². The second-order valence-corrected chi connectivity index (χ2v) is 6.71. The Morgan fingerprint density at radius 2 is 2.17 bits per heavy atom. The molecule has 126 valence electrons. The number of hydrogen-bond acceptors (Lipinski definition) is 3. The molecule has 1 saturated carbocycles. The lowest BCUT2D eigenvalue weighted by Crippen LogP contribution is -2.38. The number of benzene rings is 1. The van der Waals surface area contributed by atoms with Crippen molar-refractivity contribution >= 4 is 5.91 Å². The predicted octanol–water partition coefficient (Wildman–Crippen LogP) is 2.89. The first-order valence-electron chi connectivity index (χ1n) is 8.96. The fourth-order valence-electron chi connectivity index (χ4n) is 3.73. The van der Waals surface area contributed by atoms with E-state index >= 15 is 0 Å². The van der Waals surface area contributed by atoms with Crippen LogP contribution in [0, 0.1) is 0 Å². The SMILES string of the molecule is CNCCCC(=O)N(Cc1ccc2c(c1)CCO2)C1CCCC1. The zero-order chi connectivity index (χ0) is 16.1. The molecule has 1 fully saturated rings. The van der Waals surface area contributed by atoms with Gasteiger partial charge < -0.3 is 15.0 Å². The third-order valence-electron chi connectivity index (χ3n) is 5.01. The van der Waals surface area contributed by atoms with Crippen LogP contribution in [0.1, 0.15) is 49.7 Å². The van der Waals surface area contributed by atoms with E-state index in [2.05, 4.69) is 28.4 Å².